The summed E-state index contributed by atoms with van der Waals surface area (Å²) in [7, 11) is 1.41. The van der Waals surface area contributed by atoms with Crippen LogP contribution < -0.4 is 10.1 Å². The van der Waals surface area contributed by atoms with E-state index in [2.05, 4.69) is 10.3 Å². The number of carbonyl (C=O) groups is 1. The van der Waals surface area contributed by atoms with E-state index in [9.17, 15) is 14.3 Å². The first-order valence-corrected chi connectivity index (χ1v) is 9.42. The van der Waals surface area contributed by atoms with Crippen LogP contribution in [0.25, 0.3) is 0 Å². The third-order valence-corrected chi connectivity index (χ3v) is 5.73. The SMILES string of the molecule is COc1ccc([C@H](NC(=O)Cc2nc(C)sc2C)C2CC(O)C2)cc1F. The smallest absolute Gasteiger partial charge is 0.226 e. The van der Waals surface area contributed by atoms with E-state index in [0.717, 1.165) is 15.6 Å². The van der Waals surface area contributed by atoms with E-state index in [0.29, 0.717) is 18.4 Å². The fourth-order valence-corrected chi connectivity index (χ4v) is 4.20. The Morgan fingerprint density at radius 3 is 2.73 bits per heavy atom. The summed E-state index contributed by atoms with van der Waals surface area (Å²) in [5.74, 6) is -0.364. The van der Waals surface area contributed by atoms with Crippen molar-refractivity contribution in [1.29, 1.82) is 0 Å². The van der Waals surface area contributed by atoms with E-state index >= 15 is 0 Å². The highest BCUT2D eigenvalue weighted by atomic mass is 32.1. The Labute approximate surface area is 156 Å². The molecule has 0 radical (unpaired) electrons. The van der Waals surface area contributed by atoms with Gasteiger partial charge in [-0.1, -0.05) is 6.07 Å². The molecule has 1 heterocycles. The Bertz CT molecular complexity index is 802. The Morgan fingerprint density at radius 1 is 1.46 bits per heavy atom. The van der Waals surface area contributed by atoms with Gasteiger partial charge in [0.25, 0.3) is 0 Å². The number of amides is 1. The number of benzene rings is 1. The van der Waals surface area contributed by atoms with E-state index in [4.69, 9.17) is 4.74 Å². The maximum atomic E-state index is 14.1. The van der Waals surface area contributed by atoms with Crippen molar-refractivity contribution in [2.24, 2.45) is 5.92 Å². The third kappa shape index (κ3) is 4.04. The second kappa shape index (κ2) is 7.72. The molecule has 1 fully saturated rings. The first kappa shape index (κ1) is 18.8. The van der Waals surface area contributed by atoms with Crippen LogP contribution in [0, 0.1) is 25.6 Å². The van der Waals surface area contributed by atoms with E-state index < -0.39 is 5.82 Å². The summed E-state index contributed by atoms with van der Waals surface area (Å²) in [5, 5.41) is 13.6. The van der Waals surface area contributed by atoms with Crippen LogP contribution in [-0.4, -0.2) is 29.2 Å². The summed E-state index contributed by atoms with van der Waals surface area (Å²) in [4.78, 5) is 18.0. The minimum atomic E-state index is -0.463. The molecular formula is C19H23FN2O3S. The molecule has 0 saturated heterocycles. The second-order valence-electron chi connectivity index (χ2n) is 6.74. The molecule has 26 heavy (non-hydrogen) atoms. The number of hydrogen-bond acceptors (Lipinski definition) is 5. The number of methoxy groups -OCH3 is 1. The molecule has 1 atom stereocenters. The molecule has 1 aromatic heterocycles. The van der Waals surface area contributed by atoms with Gasteiger partial charge in [0.15, 0.2) is 11.6 Å². The minimum absolute atomic E-state index is 0.0833. The van der Waals surface area contributed by atoms with Crippen LogP contribution in [0.3, 0.4) is 0 Å². The topological polar surface area (TPSA) is 71.5 Å². The maximum absolute atomic E-state index is 14.1. The van der Waals surface area contributed by atoms with E-state index in [-0.39, 0.29) is 36.1 Å². The van der Waals surface area contributed by atoms with Crippen molar-refractivity contribution in [1.82, 2.24) is 10.3 Å². The van der Waals surface area contributed by atoms with Crippen LogP contribution >= 0.6 is 11.3 Å². The molecule has 0 unspecified atom stereocenters. The molecule has 0 aliphatic heterocycles. The lowest BCUT2D eigenvalue weighted by molar-refractivity contribution is -0.122. The summed E-state index contributed by atoms with van der Waals surface area (Å²) in [6.07, 6.45) is 1.02. The van der Waals surface area contributed by atoms with Crippen molar-refractivity contribution in [3.63, 3.8) is 0 Å². The first-order valence-electron chi connectivity index (χ1n) is 8.61. The number of carbonyl (C=O) groups excluding carboxylic acids is 1. The van der Waals surface area contributed by atoms with Crippen LogP contribution in [0.15, 0.2) is 18.2 Å². The number of hydrogen-bond donors (Lipinski definition) is 2. The normalized spacial score (nSPS) is 20.3. The fourth-order valence-electron chi connectivity index (χ4n) is 3.36. The molecular weight excluding hydrogens is 355 g/mol. The van der Waals surface area contributed by atoms with Crippen molar-refractivity contribution in [3.05, 3.63) is 45.2 Å². The van der Waals surface area contributed by atoms with E-state index in [1.54, 1.807) is 23.5 Å². The fraction of sp³-hybridized carbons (Fsp3) is 0.474. The zero-order valence-electron chi connectivity index (χ0n) is 15.1. The van der Waals surface area contributed by atoms with Crippen molar-refractivity contribution in [2.45, 2.75) is 45.3 Å². The van der Waals surface area contributed by atoms with Gasteiger partial charge >= 0.3 is 0 Å². The van der Waals surface area contributed by atoms with Crippen LogP contribution in [0.2, 0.25) is 0 Å². The number of nitrogens with one attached hydrogen (secondary N) is 1. The molecule has 2 aromatic rings. The predicted molar refractivity (Wildman–Crippen MR) is 97.9 cm³/mol. The molecule has 7 heteroatoms. The number of aliphatic hydroxyl groups excluding tert-OH is 1. The van der Waals surface area contributed by atoms with Gasteiger partial charge in [-0.25, -0.2) is 9.37 Å². The molecule has 1 aromatic carbocycles. The maximum Gasteiger partial charge on any atom is 0.226 e. The number of halogens is 1. The zero-order chi connectivity index (χ0) is 18.8. The number of aliphatic hydroxyl groups is 1. The summed E-state index contributed by atoms with van der Waals surface area (Å²) in [6.45, 7) is 3.86. The third-order valence-electron chi connectivity index (χ3n) is 4.80. The van der Waals surface area contributed by atoms with Crippen LogP contribution in [-0.2, 0) is 11.2 Å². The lowest BCUT2D eigenvalue weighted by atomic mass is 9.75. The van der Waals surface area contributed by atoms with Crippen LogP contribution in [0.1, 0.15) is 40.0 Å². The van der Waals surface area contributed by atoms with Crippen LogP contribution in [0.4, 0.5) is 4.39 Å². The summed E-state index contributed by atoms with van der Waals surface area (Å²) < 4.78 is 19.1. The Balaban J connectivity index is 1.77. The van der Waals surface area contributed by atoms with E-state index in [1.165, 1.54) is 13.2 Å². The minimum Gasteiger partial charge on any atom is -0.494 e. The zero-order valence-corrected chi connectivity index (χ0v) is 15.9. The monoisotopic (exact) mass is 378 g/mol. The molecule has 1 amide bonds. The van der Waals surface area contributed by atoms with Gasteiger partial charge in [-0.15, -0.1) is 11.3 Å². The van der Waals surface area contributed by atoms with Gasteiger partial charge in [-0.05, 0) is 50.3 Å². The molecule has 2 N–H and O–H groups in total. The van der Waals surface area contributed by atoms with Crippen molar-refractivity contribution in [3.8, 4) is 5.75 Å². The molecule has 0 spiro atoms. The van der Waals surface area contributed by atoms with Gasteiger partial charge in [-0.2, -0.15) is 0 Å². The molecule has 1 aliphatic rings. The standard InChI is InChI=1S/C19H23FN2O3S/c1-10-16(21-11(2)26-10)9-18(24)22-19(13-6-14(23)7-13)12-4-5-17(25-3)15(20)8-12/h4-5,8,13-14,19,23H,6-7,9H2,1-3H3,(H,22,24)/t13?,14?,19-/m0/s1. The average molecular weight is 378 g/mol. The number of nitrogens with zero attached hydrogens (tertiary/aromatic N) is 1. The molecule has 0 bridgehead atoms. The second-order valence-corrected chi connectivity index (χ2v) is 8.14. The van der Waals surface area contributed by atoms with Gasteiger partial charge in [0, 0.05) is 4.88 Å². The molecule has 1 saturated carbocycles. The number of aromatic nitrogens is 1. The highest BCUT2D eigenvalue weighted by Crippen LogP contribution is 2.39. The van der Waals surface area contributed by atoms with Crippen molar-refractivity contribution in [2.75, 3.05) is 7.11 Å². The lowest BCUT2D eigenvalue weighted by Gasteiger charge is -2.38. The summed E-state index contributed by atoms with van der Waals surface area (Å²) in [5.41, 5.74) is 1.46. The molecule has 1 aliphatic carbocycles. The average Bonchev–Trinajstić information content (AvgIpc) is 2.87. The van der Waals surface area contributed by atoms with Gasteiger partial charge in [-0.3, -0.25) is 4.79 Å². The number of thiazole rings is 1. The van der Waals surface area contributed by atoms with Gasteiger partial charge in [0.05, 0.1) is 36.4 Å². The number of ether oxygens (including phenoxy) is 1. The number of aryl methyl sites for hydroxylation is 2. The van der Waals surface area contributed by atoms with Gasteiger partial charge in [0.2, 0.25) is 5.91 Å². The first-order chi connectivity index (χ1) is 12.4. The van der Waals surface area contributed by atoms with Gasteiger partial charge in [0.1, 0.15) is 0 Å². The van der Waals surface area contributed by atoms with Gasteiger partial charge < -0.3 is 15.2 Å². The molecule has 3 rings (SSSR count). The lowest BCUT2D eigenvalue weighted by Crippen LogP contribution is -2.42. The van der Waals surface area contributed by atoms with Crippen LogP contribution in [0.5, 0.6) is 5.75 Å². The molecule has 5 nitrogen and oxygen atoms in total. The highest BCUT2D eigenvalue weighted by molar-refractivity contribution is 7.11. The quantitative estimate of drug-likeness (QED) is 0.810. The molecule has 140 valence electrons. The van der Waals surface area contributed by atoms with Crippen molar-refractivity contribution < 1.29 is 19.0 Å². The Hall–Kier alpha value is -1.99. The summed E-state index contributed by atoms with van der Waals surface area (Å²) in [6, 6.07) is 4.38. The highest BCUT2D eigenvalue weighted by Gasteiger charge is 2.36. The predicted octanol–water partition coefficient (Wildman–Crippen LogP) is 3.08. The Morgan fingerprint density at radius 2 is 2.19 bits per heavy atom. The van der Waals surface area contributed by atoms with E-state index in [1.807, 2.05) is 13.8 Å². The largest absolute Gasteiger partial charge is 0.494 e. The summed E-state index contributed by atoms with van der Waals surface area (Å²) >= 11 is 1.57. The van der Waals surface area contributed by atoms with Crippen molar-refractivity contribution >= 4 is 17.2 Å². The number of rotatable bonds is 6. The Kier molecular flexibility index (Phi) is 5.58.